The van der Waals surface area contributed by atoms with Crippen LogP contribution in [0.5, 0.6) is 0 Å². The van der Waals surface area contributed by atoms with E-state index in [1.165, 1.54) is 37.0 Å². The van der Waals surface area contributed by atoms with Crippen LogP contribution >= 0.6 is 22.9 Å². The zero-order chi connectivity index (χ0) is 11.8. The van der Waals surface area contributed by atoms with Gasteiger partial charge >= 0.3 is 0 Å². The van der Waals surface area contributed by atoms with E-state index in [-0.39, 0.29) is 0 Å². The molecule has 1 atom stereocenters. The summed E-state index contributed by atoms with van der Waals surface area (Å²) in [5, 5.41) is 3.40. The number of unbranched alkanes of at least 4 members (excludes halogenated alkanes) is 3. The predicted molar refractivity (Wildman–Crippen MR) is 74.6 cm³/mol. The third-order valence-corrected chi connectivity index (χ3v) is 4.14. The van der Waals surface area contributed by atoms with E-state index in [1.54, 1.807) is 11.3 Å². The number of likely N-dealkylation sites (N-methyl/N-ethyl adjacent to an activating group) is 1. The number of nitrogens with one attached hydrogen (secondary N) is 1. The summed E-state index contributed by atoms with van der Waals surface area (Å²) >= 11 is 7.63. The largest absolute Gasteiger partial charge is 0.317 e. The number of hydrogen-bond donors (Lipinski definition) is 1. The van der Waals surface area contributed by atoms with Gasteiger partial charge in [-0.3, -0.25) is 0 Å². The molecule has 1 N–H and O–H groups in total. The van der Waals surface area contributed by atoms with E-state index in [0.717, 1.165) is 10.8 Å². The van der Waals surface area contributed by atoms with Gasteiger partial charge < -0.3 is 5.32 Å². The second-order valence-electron chi connectivity index (χ2n) is 4.24. The van der Waals surface area contributed by atoms with Crippen molar-refractivity contribution in [1.29, 1.82) is 0 Å². The molecular formula is C13H22ClNS. The number of rotatable bonds is 8. The summed E-state index contributed by atoms with van der Waals surface area (Å²) in [7, 11) is 2.06. The first-order chi connectivity index (χ1) is 7.76. The molecule has 16 heavy (non-hydrogen) atoms. The lowest BCUT2D eigenvalue weighted by Crippen LogP contribution is -2.27. The van der Waals surface area contributed by atoms with E-state index < -0.39 is 0 Å². The van der Waals surface area contributed by atoms with Crippen molar-refractivity contribution >= 4 is 22.9 Å². The van der Waals surface area contributed by atoms with E-state index in [2.05, 4.69) is 25.4 Å². The second-order valence-corrected chi connectivity index (χ2v) is 6.04. The molecular weight excluding hydrogens is 238 g/mol. The molecule has 1 heterocycles. The van der Waals surface area contributed by atoms with Crippen molar-refractivity contribution in [3.63, 3.8) is 0 Å². The smallest absolute Gasteiger partial charge is 0.0931 e. The Bertz CT molecular complexity index is 285. The first kappa shape index (κ1) is 14.0. The molecule has 0 fully saturated rings. The first-order valence-electron chi connectivity index (χ1n) is 6.17. The number of hydrogen-bond acceptors (Lipinski definition) is 2. The Hall–Kier alpha value is -0.0500. The van der Waals surface area contributed by atoms with Crippen molar-refractivity contribution in [3.05, 3.63) is 21.3 Å². The van der Waals surface area contributed by atoms with Crippen LogP contribution in [0.15, 0.2) is 12.1 Å². The van der Waals surface area contributed by atoms with Gasteiger partial charge in [0, 0.05) is 10.9 Å². The van der Waals surface area contributed by atoms with Gasteiger partial charge in [0.1, 0.15) is 0 Å². The Morgan fingerprint density at radius 1 is 1.31 bits per heavy atom. The summed E-state index contributed by atoms with van der Waals surface area (Å²) in [6.07, 6.45) is 7.75. The SMILES string of the molecule is CCCCCCC(Cc1ccc(Cl)s1)NC. The fourth-order valence-corrected chi connectivity index (χ4v) is 3.04. The molecule has 92 valence electrons. The Morgan fingerprint density at radius 2 is 2.12 bits per heavy atom. The maximum Gasteiger partial charge on any atom is 0.0931 e. The molecule has 0 aromatic carbocycles. The Balaban J connectivity index is 2.26. The molecule has 0 aliphatic carbocycles. The van der Waals surface area contributed by atoms with Crippen LogP contribution in [0.25, 0.3) is 0 Å². The molecule has 1 aromatic rings. The van der Waals surface area contributed by atoms with Gasteiger partial charge in [-0.15, -0.1) is 11.3 Å². The topological polar surface area (TPSA) is 12.0 Å². The maximum atomic E-state index is 5.93. The van der Waals surface area contributed by atoms with E-state index in [0.29, 0.717) is 6.04 Å². The van der Waals surface area contributed by atoms with Crippen molar-refractivity contribution in [1.82, 2.24) is 5.32 Å². The summed E-state index contributed by atoms with van der Waals surface area (Å²) in [6, 6.07) is 4.74. The quantitative estimate of drug-likeness (QED) is 0.678. The average Bonchev–Trinajstić information content (AvgIpc) is 2.68. The van der Waals surface area contributed by atoms with Gasteiger partial charge in [0.15, 0.2) is 0 Å². The van der Waals surface area contributed by atoms with Crippen molar-refractivity contribution in [3.8, 4) is 0 Å². The lowest BCUT2D eigenvalue weighted by molar-refractivity contribution is 0.487. The molecule has 0 spiro atoms. The molecule has 0 saturated heterocycles. The molecule has 1 unspecified atom stereocenters. The molecule has 0 bridgehead atoms. The van der Waals surface area contributed by atoms with E-state index in [9.17, 15) is 0 Å². The molecule has 0 aliphatic heterocycles. The zero-order valence-electron chi connectivity index (χ0n) is 10.3. The summed E-state index contributed by atoms with van der Waals surface area (Å²) in [4.78, 5) is 1.39. The number of halogens is 1. The number of thiophene rings is 1. The van der Waals surface area contributed by atoms with Crippen LogP contribution in [0.2, 0.25) is 4.34 Å². The monoisotopic (exact) mass is 259 g/mol. The van der Waals surface area contributed by atoms with Crippen LogP contribution in [-0.4, -0.2) is 13.1 Å². The third kappa shape index (κ3) is 5.33. The highest BCUT2D eigenvalue weighted by Gasteiger charge is 2.08. The molecule has 0 aliphatic rings. The zero-order valence-corrected chi connectivity index (χ0v) is 11.8. The summed E-state index contributed by atoms with van der Waals surface area (Å²) in [5.74, 6) is 0. The molecule has 1 nitrogen and oxygen atoms in total. The van der Waals surface area contributed by atoms with Crippen molar-refractivity contribution < 1.29 is 0 Å². The van der Waals surface area contributed by atoms with Gasteiger partial charge in [0.25, 0.3) is 0 Å². The lowest BCUT2D eigenvalue weighted by Gasteiger charge is -2.14. The van der Waals surface area contributed by atoms with Crippen molar-refractivity contribution in [2.24, 2.45) is 0 Å². The highest BCUT2D eigenvalue weighted by molar-refractivity contribution is 7.16. The van der Waals surface area contributed by atoms with Crippen LogP contribution < -0.4 is 5.32 Å². The van der Waals surface area contributed by atoms with Gasteiger partial charge in [0.2, 0.25) is 0 Å². The lowest BCUT2D eigenvalue weighted by atomic mass is 10.0. The van der Waals surface area contributed by atoms with Gasteiger partial charge in [0.05, 0.1) is 4.34 Å². The summed E-state index contributed by atoms with van der Waals surface area (Å²) in [6.45, 7) is 2.25. The van der Waals surface area contributed by atoms with Gasteiger partial charge in [-0.1, -0.05) is 44.2 Å². The fraction of sp³-hybridized carbons (Fsp3) is 0.692. The van der Waals surface area contributed by atoms with Crippen LogP contribution in [0.4, 0.5) is 0 Å². The average molecular weight is 260 g/mol. The molecule has 0 amide bonds. The maximum absolute atomic E-state index is 5.93. The minimum Gasteiger partial charge on any atom is -0.317 e. The standard InChI is InChI=1S/C13H22ClNS/c1-3-4-5-6-7-11(15-2)10-12-8-9-13(14)16-12/h8-9,11,15H,3-7,10H2,1-2H3. The summed E-state index contributed by atoms with van der Waals surface area (Å²) in [5.41, 5.74) is 0. The first-order valence-corrected chi connectivity index (χ1v) is 7.37. The molecule has 1 rings (SSSR count). The molecule has 1 aromatic heterocycles. The van der Waals surface area contributed by atoms with Crippen molar-refractivity contribution in [2.75, 3.05) is 7.05 Å². The highest BCUT2D eigenvalue weighted by Crippen LogP contribution is 2.23. The minimum absolute atomic E-state index is 0.603. The van der Waals surface area contributed by atoms with E-state index >= 15 is 0 Å². The van der Waals surface area contributed by atoms with Gasteiger partial charge in [-0.05, 0) is 32.0 Å². The van der Waals surface area contributed by atoms with E-state index in [4.69, 9.17) is 11.6 Å². The predicted octanol–water partition coefficient (Wildman–Crippen LogP) is 4.50. The highest BCUT2D eigenvalue weighted by atomic mass is 35.5. The third-order valence-electron chi connectivity index (χ3n) is 2.89. The van der Waals surface area contributed by atoms with Crippen LogP contribution in [0, 0.1) is 0 Å². The normalized spacial score (nSPS) is 12.9. The van der Waals surface area contributed by atoms with Crippen LogP contribution in [-0.2, 0) is 6.42 Å². The van der Waals surface area contributed by atoms with Gasteiger partial charge in [-0.25, -0.2) is 0 Å². The summed E-state index contributed by atoms with van der Waals surface area (Å²) < 4.78 is 0.899. The fourth-order valence-electron chi connectivity index (χ4n) is 1.87. The van der Waals surface area contributed by atoms with Gasteiger partial charge in [-0.2, -0.15) is 0 Å². The Kier molecular flexibility index (Phi) is 7.10. The Labute approximate surface area is 108 Å². The van der Waals surface area contributed by atoms with Crippen molar-refractivity contribution in [2.45, 2.75) is 51.5 Å². The molecule has 0 radical (unpaired) electrons. The van der Waals surface area contributed by atoms with E-state index in [1.807, 2.05) is 6.07 Å². The van der Waals surface area contributed by atoms with Crippen LogP contribution in [0.1, 0.15) is 43.9 Å². The molecule has 3 heteroatoms. The second kappa shape index (κ2) is 8.10. The Morgan fingerprint density at radius 3 is 2.69 bits per heavy atom. The van der Waals surface area contributed by atoms with Crippen LogP contribution in [0.3, 0.4) is 0 Å². The molecule has 0 saturated carbocycles. The minimum atomic E-state index is 0.603.